The van der Waals surface area contributed by atoms with Crippen molar-refractivity contribution in [3.63, 3.8) is 0 Å². The van der Waals surface area contributed by atoms with Gasteiger partial charge < -0.3 is 19.1 Å². The fraction of sp³-hybridized carbons (Fsp3) is 0.412. The molecule has 0 spiro atoms. The van der Waals surface area contributed by atoms with Crippen LogP contribution in [0.25, 0.3) is 0 Å². The second-order valence-electron chi connectivity index (χ2n) is 5.85. The van der Waals surface area contributed by atoms with Gasteiger partial charge in [0.25, 0.3) is 0 Å². The highest BCUT2D eigenvalue weighted by molar-refractivity contribution is 5.88. The van der Waals surface area contributed by atoms with Crippen molar-refractivity contribution in [2.24, 2.45) is 0 Å². The molecular formula is C17H16F3NO5. The number of carboxylic acids is 1. The molecule has 1 aliphatic heterocycles. The van der Waals surface area contributed by atoms with Gasteiger partial charge in [-0.25, -0.2) is 4.79 Å². The number of carbonyl (C=O) groups is 1. The molecule has 9 heteroatoms. The SMILES string of the molecule is O=C(O)c1conc1[C@H](O[C@@H]1CCCCO1)c1ccc(C(F)(F)F)cc1. The monoisotopic (exact) mass is 371 g/mol. The largest absolute Gasteiger partial charge is 0.478 e. The zero-order valence-electron chi connectivity index (χ0n) is 13.5. The molecule has 1 saturated heterocycles. The molecule has 6 nitrogen and oxygen atoms in total. The standard InChI is InChI=1S/C17H16F3NO5/c18-17(19,20)11-6-4-10(5-7-11)15(26-13-3-1-2-8-24-13)14-12(16(22)23)9-25-21-14/h4-7,9,13,15H,1-3,8H2,(H,22,23)/t13-,15-/m1/s1. The van der Waals surface area contributed by atoms with E-state index in [4.69, 9.17) is 14.0 Å². The highest BCUT2D eigenvalue weighted by Crippen LogP contribution is 2.34. The molecule has 2 atom stereocenters. The Kier molecular flexibility index (Phi) is 5.28. The van der Waals surface area contributed by atoms with Crippen molar-refractivity contribution < 1.29 is 37.1 Å². The molecule has 140 valence electrons. The predicted molar refractivity (Wildman–Crippen MR) is 81.4 cm³/mol. The van der Waals surface area contributed by atoms with Crippen molar-refractivity contribution in [2.45, 2.75) is 37.8 Å². The third-order valence-corrected chi connectivity index (χ3v) is 4.04. The number of nitrogens with zero attached hydrogens (tertiary/aromatic N) is 1. The Hall–Kier alpha value is -2.39. The van der Waals surface area contributed by atoms with Crippen molar-refractivity contribution in [1.29, 1.82) is 0 Å². The molecule has 0 radical (unpaired) electrons. The van der Waals surface area contributed by atoms with Crippen LogP contribution in [0.15, 0.2) is 35.1 Å². The van der Waals surface area contributed by atoms with Crippen LogP contribution in [0.1, 0.15) is 52.5 Å². The normalized spacial score (nSPS) is 19.3. The lowest BCUT2D eigenvalue weighted by Gasteiger charge is -2.27. The maximum Gasteiger partial charge on any atom is 0.416 e. The first-order chi connectivity index (χ1) is 12.4. The Balaban J connectivity index is 1.94. The summed E-state index contributed by atoms with van der Waals surface area (Å²) in [7, 11) is 0. The van der Waals surface area contributed by atoms with Crippen molar-refractivity contribution >= 4 is 5.97 Å². The molecule has 0 amide bonds. The van der Waals surface area contributed by atoms with E-state index in [0.29, 0.717) is 18.6 Å². The number of aromatic carboxylic acids is 1. The van der Waals surface area contributed by atoms with Gasteiger partial charge in [-0.2, -0.15) is 13.2 Å². The molecule has 0 aliphatic carbocycles. The molecule has 26 heavy (non-hydrogen) atoms. The Labute approximate surface area is 146 Å². The van der Waals surface area contributed by atoms with Crippen LogP contribution in [0, 0.1) is 0 Å². The smallest absolute Gasteiger partial charge is 0.416 e. The number of carboxylic acid groups (broad SMARTS) is 1. The Morgan fingerprint density at radius 1 is 1.27 bits per heavy atom. The second kappa shape index (κ2) is 7.46. The summed E-state index contributed by atoms with van der Waals surface area (Å²) in [4.78, 5) is 11.4. The molecule has 0 unspecified atom stereocenters. The quantitative estimate of drug-likeness (QED) is 0.855. The summed E-state index contributed by atoms with van der Waals surface area (Å²) in [5.41, 5.74) is -0.728. The van der Waals surface area contributed by atoms with Gasteiger partial charge in [-0.15, -0.1) is 0 Å². The van der Waals surface area contributed by atoms with Crippen molar-refractivity contribution in [2.75, 3.05) is 6.61 Å². The molecule has 0 bridgehead atoms. The first-order valence-electron chi connectivity index (χ1n) is 7.98. The fourth-order valence-corrected chi connectivity index (χ4v) is 2.71. The molecule has 1 aliphatic rings. The summed E-state index contributed by atoms with van der Waals surface area (Å²) in [5.74, 6) is -1.27. The van der Waals surface area contributed by atoms with E-state index >= 15 is 0 Å². The number of alkyl halides is 3. The van der Waals surface area contributed by atoms with E-state index in [1.54, 1.807) is 0 Å². The average molecular weight is 371 g/mol. The van der Waals surface area contributed by atoms with Crippen LogP contribution in [0.2, 0.25) is 0 Å². The molecule has 1 aromatic carbocycles. The fourth-order valence-electron chi connectivity index (χ4n) is 2.71. The van der Waals surface area contributed by atoms with E-state index in [2.05, 4.69) is 5.16 Å². The van der Waals surface area contributed by atoms with Crippen LogP contribution >= 0.6 is 0 Å². The molecule has 0 saturated carbocycles. The van der Waals surface area contributed by atoms with Gasteiger partial charge in [-0.3, -0.25) is 0 Å². The predicted octanol–water partition coefficient (Wildman–Crippen LogP) is 4.02. The molecule has 1 fully saturated rings. The van der Waals surface area contributed by atoms with Crippen molar-refractivity contribution in [3.05, 3.63) is 52.9 Å². The number of halogens is 3. The number of hydrogen-bond acceptors (Lipinski definition) is 5. The first-order valence-corrected chi connectivity index (χ1v) is 7.98. The highest BCUT2D eigenvalue weighted by Gasteiger charge is 2.32. The van der Waals surface area contributed by atoms with Gasteiger partial charge >= 0.3 is 12.1 Å². The van der Waals surface area contributed by atoms with E-state index in [1.165, 1.54) is 12.1 Å². The van der Waals surface area contributed by atoms with Crippen LogP contribution in [0.3, 0.4) is 0 Å². The Morgan fingerprint density at radius 2 is 2.00 bits per heavy atom. The van der Waals surface area contributed by atoms with E-state index in [-0.39, 0.29) is 11.3 Å². The summed E-state index contributed by atoms with van der Waals surface area (Å²) in [5, 5.41) is 13.0. The maximum atomic E-state index is 12.8. The third kappa shape index (κ3) is 4.05. The summed E-state index contributed by atoms with van der Waals surface area (Å²) in [6.45, 7) is 0.495. The van der Waals surface area contributed by atoms with E-state index < -0.39 is 30.1 Å². The van der Waals surface area contributed by atoms with Crippen LogP contribution in [0.4, 0.5) is 13.2 Å². The minimum Gasteiger partial charge on any atom is -0.478 e. The molecule has 3 rings (SSSR count). The molecule has 2 aromatic rings. The van der Waals surface area contributed by atoms with E-state index in [9.17, 15) is 23.1 Å². The molecular weight excluding hydrogens is 355 g/mol. The van der Waals surface area contributed by atoms with Gasteiger partial charge in [0.15, 0.2) is 6.29 Å². The van der Waals surface area contributed by atoms with Gasteiger partial charge in [0.2, 0.25) is 0 Å². The van der Waals surface area contributed by atoms with Crippen LogP contribution in [0.5, 0.6) is 0 Å². The number of benzene rings is 1. The second-order valence-corrected chi connectivity index (χ2v) is 5.85. The molecule has 2 heterocycles. The van der Waals surface area contributed by atoms with Gasteiger partial charge in [0, 0.05) is 6.61 Å². The minimum absolute atomic E-state index is 0.0218. The Bertz CT molecular complexity index is 751. The van der Waals surface area contributed by atoms with Crippen molar-refractivity contribution in [1.82, 2.24) is 5.16 Å². The molecule has 1 aromatic heterocycles. The zero-order valence-corrected chi connectivity index (χ0v) is 13.5. The van der Waals surface area contributed by atoms with Crippen LogP contribution < -0.4 is 0 Å². The summed E-state index contributed by atoms with van der Waals surface area (Å²) in [6, 6.07) is 4.29. The van der Waals surface area contributed by atoms with Gasteiger partial charge in [0.05, 0.1) is 5.56 Å². The van der Waals surface area contributed by atoms with Crippen molar-refractivity contribution in [3.8, 4) is 0 Å². The number of aromatic nitrogens is 1. The topological polar surface area (TPSA) is 81.8 Å². The minimum atomic E-state index is -4.47. The highest BCUT2D eigenvalue weighted by atomic mass is 19.4. The lowest BCUT2D eigenvalue weighted by atomic mass is 10.0. The summed E-state index contributed by atoms with van der Waals surface area (Å²) in [6.07, 6.45) is -2.79. The van der Waals surface area contributed by atoms with Gasteiger partial charge in [-0.1, -0.05) is 17.3 Å². The number of rotatable bonds is 5. The van der Waals surface area contributed by atoms with Gasteiger partial charge in [-0.05, 0) is 37.0 Å². The van der Waals surface area contributed by atoms with Crippen LogP contribution in [-0.2, 0) is 15.7 Å². The van der Waals surface area contributed by atoms with E-state index in [1.807, 2.05) is 0 Å². The van der Waals surface area contributed by atoms with Gasteiger partial charge in [0.1, 0.15) is 23.6 Å². The third-order valence-electron chi connectivity index (χ3n) is 4.04. The molecule has 1 N–H and O–H groups in total. The van der Waals surface area contributed by atoms with E-state index in [0.717, 1.165) is 31.2 Å². The van der Waals surface area contributed by atoms with Crippen LogP contribution in [-0.4, -0.2) is 29.1 Å². The lowest BCUT2D eigenvalue weighted by molar-refractivity contribution is -0.182. The average Bonchev–Trinajstić information content (AvgIpc) is 3.10. The number of hydrogen-bond donors (Lipinski definition) is 1. The summed E-state index contributed by atoms with van der Waals surface area (Å²) < 4.78 is 54.4. The summed E-state index contributed by atoms with van der Waals surface area (Å²) >= 11 is 0. The first kappa shape index (κ1) is 18.4. The maximum absolute atomic E-state index is 12.8. The number of ether oxygens (including phenoxy) is 2. The Morgan fingerprint density at radius 3 is 2.58 bits per heavy atom. The lowest BCUT2D eigenvalue weighted by Crippen LogP contribution is -2.25. The zero-order chi connectivity index (χ0) is 18.7.